The van der Waals surface area contributed by atoms with Gasteiger partial charge < -0.3 is 15.0 Å². The molecular weight excluding hydrogens is 488 g/mol. The van der Waals surface area contributed by atoms with Crippen LogP contribution >= 0.6 is 11.6 Å². The molecule has 3 aromatic rings. The summed E-state index contributed by atoms with van der Waals surface area (Å²) in [6.07, 6.45) is 3.09. The molecule has 0 unspecified atom stereocenters. The zero-order chi connectivity index (χ0) is 26.6. The third-order valence-electron chi connectivity index (χ3n) is 5.53. The summed E-state index contributed by atoms with van der Waals surface area (Å²) in [4.78, 5) is 28.2. The number of nitrogens with zero attached hydrogens (tertiary/aromatic N) is 2. The molecule has 0 fully saturated rings. The van der Waals surface area contributed by atoms with Gasteiger partial charge in [0.25, 0.3) is 11.8 Å². The van der Waals surface area contributed by atoms with Crippen molar-refractivity contribution in [1.29, 1.82) is 0 Å². The monoisotopic (exact) mass is 518 g/mol. The molecule has 37 heavy (non-hydrogen) atoms. The Labute approximate surface area is 222 Å². The Bertz CT molecular complexity index is 1270. The quantitative estimate of drug-likeness (QED) is 0.199. The fraction of sp³-hybridized carbons (Fsp3) is 0.207. The topological polar surface area (TPSA) is 83.0 Å². The first-order valence-corrected chi connectivity index (χ1v) is 12.5. The maximum Gasteiger partial charge on any atom is 0.287 e. The number of amides is 2. The minimum absolute atomic E-state index is 0.0238. The second kappa shape index (κ2) is 13.8. The summed E-state index contributed by atoms with van der Waals surface area (Å²) in [5.41, 5.74) is 5.30. The van der Waals surface area contributed by atoms with E-state index >= 15 is 0 Å². The van der Waals surface area contributed by atoms with Gasteiger partial charge in [0.2, 0.25) is 0 Å². The molecule has 0 aliphatic rings. The predicted octanol–water partition coefficient (Wildman–Crippen LogP) is 5.51. The van der Waals surface area contributed by atoms with Crippen molar-refractivity contribution in [3.63, 3.8) is 0 Å². The van der Waals surface area contributed by atoms with Crippen LogP contribution in [0.5, 0.6) is 5.75 Å². The van der Waals surface area contributed by atoms with E-state index in [9.17, 15) is 9.59 Å². The average molecular weight is 519 g/mol. The lowest BCUT2D eigenvalue weighted by molar-refractivity contribution is -0.117. The molecule has 8 heteroatoms. The van der Waals surface area contributed by atoms with E-state index in [1.165, 1.54) is 6.21 Å². The van der Waals surface area contributed by atoms with Gasteiger partial charge in [0.15, 0.2) is 0 Å². The van der Waals surface area contributed by atoms with Crippen LogP contribution in [0.15, 0.2) is 83.6 Å². The van der Waals surface area contributed by atoms with Gasteiger partial charge in [0.05, 0.1) is 23.4 Å². The largest absolute Gasteiger partial charge is 0.493 e. The Balaban J connectivity index is 1.85. The molecule has 0 saturated heterocycles. The maximum atomic E-state index is 13.1. The van der Waals surface area contributed by atoms with Gasteiger partial charge in [-0.15, -0.1) is 0 Å². The third-order valence-corrected chi connectivity index (χ3v) is 5.86. The van der Waals surface area contributed by atoms with Gasteiger partial charge in [-0.25, -0.2) is 5.43 Å². The molecule has 0 heterocycles. The van der Waals surface area contributed by atoms with Gasteiger partial charge >= 0.3 is 0 Å². The molecule has 3 rings (SSSR count). The third kappa shape index (κ3) is 7.69. The number of anilines is 1. The van der Waals surface area contributed by atoms with Crippen LogP contribution in [-0.4, -0.2) is 37.7 Å². The molecule has 0 atom stereocenters. The Morgan fingerprint density at radius 3 is 2.30 bits per heavy atom. The highest BCUT2D eigenvalue weighted by atomic mass is 35.5. The van der Waals surface area contributed by atoms with Gasteiger partial charge in [-0.1, -0.05) is 48.0 Å². The highest BCUT2D eigenvalue weighted by Crippen LogP contribution is 2.19. The first-order chi connectivity index (χ1) is 18.0. The lowest BCUT2D eigenvalue weighted by atomic mass is 10.1. The number of carbonyl (C=O) groups excluding carboxylic acids is 2. The van der Waals surface area contributed by atoms with Crippen LogP contribution in [0.4, 0.5) is 5.69 Å². The van der Waals surface area contributed by atoms with Crippen LogP contribution in [0, 0.1) is 0 Å². The fourth-order valence-corrected chi connectivity index (χ4v) is 3.85. The lowest BCUT2D eigenvalue weighted by Gasteiger charge is -2.21. The zero-order valence-electron chi connectivity index (χ0n) is 21.2. The second-order valence-electron chi connectivity index (χ2n) is 7.93. The molecule has 0 aliphatic carbocycles. The van der Waals surface area contributed by atoms with Crippen molar-refractivity contribution in [2.24, 2.45) is 5.10 Å². The highest BCUT2D eigenvalue weighted by molar-refractivity contribution is 6.34. The number of carbonyl (C=O) groups is 2. The molecule has 3 aromatic carbocycles. The van der Waals surface area contributed by atoms with Crippen molar-refractivity contribution in [3.05, 3.63) is 100 Å². The summed E-state index contributed by atoms with van der Waals surface area (Å²) in [6, 6.07) is 21.7. The summed E-state index contributed by atoms with van der Waals surface area (Å²) >= 11 is 6.19. The maximum absolute atomic E-state index is 13.1. The molecular formula is C29H31ClN4O3. The smallest absolute Gasteiger partial charge is 0.287 e. The minimum Gasteiger partial charge on any atom is -0.493 e. The number of hydrogen-bond acceptors (Lipinski definition) is 5. The lowest BCUT2D eigenvalue weighted by Crippen LogP contribution is -2.33. The van der Waals surface area contributed by atoms with E-state index < -0.39 is 11.8 Å². The molecule has 0 aliphatic heterocycles. The number of halogens is 1. The van der Waals surface area contributed by atoms with E-state index in [0.717, 1.165) is 24.3 Å². The number of rotatable bonds is 11. The van der Waals surface area contributed by atoms with Gasteiger partial charge in [-0.05, 0) is 68.8 Å². The van der Waals surface area contributed by atoms with Crippen molar-refractivity contribution >= 4 is 41.4 Å². The number of ether oxygens (including phenoxy) is 1. The van der Waals surface area contributed by atoms with E-state index in [0.29, 0.717) is 17.9 Å². The van der Waals surface area contributed by atoms with Crippen LogP contribution in [0.1, 0.15) is 42.3 Å². The van der Waals surface area contributed by atoms with E-state index in [1.807, 2.05) is 55.5 Å². The van der Waals surface area contributed by atoms with Crippen LogP contribution in [-0.2, 0) is 4.79 Å². The summed E-state index contributed by atoms with van der Waals surface area (Å²) in [5.74, 6) is -0.435. The van der Waals surface area contributed by atoms with Gasteiger partial charge in [-0.2, -0.15) is 5.10 Å². The van der Waals surface area contributed by atoms with Gasteiger partial charge in [0, 0.05) is 24.3 Å². The first-order valence-electron chi connectivity index (χ1n) is 12.1. The van der Waals surface area contributed by atoms with Crippen molar-refractivity contribution in [3.8, 4) is 5.75 Å². The number of hydrogen-bond donors (Lipinski definition) is 2. The van der Waals surface area contributed by atoms with Crippen molar-refractivity contribution in [2.75, 3.05) is 24.6 Å². The van der Waals surface area contributed by atoms with Gasteiger partial charge in [-0.3, -0.25) is 9.59 Å². The molecule has 0 spiro atoms. The SMILES string of the molecule is CCOc1ccccc1C=NNC(=O)/C(=C/c1ccc(N(CC)CC)cc1)NC(=O)c1ccccc1Cl. The number of benzene rings is 3. The van der Waals surface area contributed by atoms with Crippen LogP contribution < -0.4 is 20.4 Å². The molecule has 0 bridgehead atoms. The van der Waals surface area contributed by atoms with Crippen LogP contribution in [0.2, 0.25) is 5.02 Å². The van der Waals surface area contributed by atoms with Crippen molar-refractivity contribution in [1.82, 2.24) is 10.7 Å². The molecule has 192 valence electrons. The Morgan fingerprint density at radius 2 is 1.62 bits per heavy atom. The Morgan fingerprint density at radius 1 is 0.946 bits per heavy atom. The van der Waals surface area contributed by atoms with E-state index in [-0.39, 0.29) is 16.3 Å². The first kappa shape index (κ1) is 27.5. The van der Waals surface area contributed by atoms with Crippen LogP contribution in [0.25, 0.3) is 6.08 Å². The van der Waals surface area contributed by atoms with Crippen molar-refractivity contribution in [2.45, 2.75) is 20.8 Å². The highest BCUT2D eigenvalue weighted by Gasteiger charge is 2.16. The molecule has 7 nitrogen and oxygen atoms in total. The molecule has 0 saturated carbocycles. The number of nitrogens with one attached hydrogen (secondary N) is 2. The normalized spacial score (nSPS) is 11.3. The summed E-state index contributed by atoms with van der Waals surface area (Å²) in [5, 5.41) is 7.04. The number of para-hydroxylation sites is 1. The van der Waals surface area contributed by atoms with Crippen LogP contribution in [0.3, 0.4) is 0 Å². The standard InChI is InChI=1S/C29H31ClN4O3/c1-4-34(5-2)23-17-15-21(16-18-23)19-26(32-28(35)24-12-8-9-13-25(24)30)29(36)33-31-20-22-11-7-10-14-27(22)37-6-3/h7-20H,4-6H2,1-3H3,(H,32,35)(H,33,36)/b26-19-,31-20?. The zero-order valence-corrected chi connectivity index (χ0v) is 22.0. The summed E-state index contributed by atoms with van der Waals surface area (Å²) < 4.78 is 5.59. The molecule has 2 amide bonds. The number of hydrazone groups is 1. The molecule has 0 radical (unpaired) electrons. The minimum atomic E-state index is -0.585. The molecule has 0 aromatic heterocycles. The summed E-state index contributed by atoms with van der Waals surface area (Å²) in [6.45, 7) is 8.36. The van der Waals surface area contributed by atoms with Gasteiger partial charge in [0.1, 0.15) is 11.4 Å². The predicted molar refractivity (Wildman–Crippen MR) is 150 cm³/mol. The van der Waals surface area contributed by atoms with E-state index in [1.54, 1.807) is 30.3 Å². The summed E-state index contributed by atoms with van der Waals surface area (Å²) in [7, 11) is 0. The Hall–Kier alpha value is -4.10. The van der Waals surface area contributed by atoms with E-state index in [2.05, 4.69) is 34.6 Å². The Kier molecular flexibility index (Phi) is 10.3. The average Bonchev–Trinajstić information content (AvgIpc) is 2.91. The fourth-order valence-electron chi connectivity index (χ4n) is 3.62. The van der Waals surface area contributed by atoms with Crippen molar-refractivity contribution < 1.29 is 14.3 Å². The van der Waals surface area contributed by atoms with E-state index in [4.69, 9.17) is 16.3 Å². The second-order valence-corrected chi connectivity index (χ2v) is 8.33. The molecule has 2 N–H and O–H groups in total.